The van der Waals surface area contributed by atoms with Gasteiger partial charge in [-0.3, -0.25) is 4.79 Å². The van der Waals surface area contributed by atoms with Crippen molar-refractivity contribution in [3.63, 3.8) is 0 Å². The molecular weight excluding hydrogens is 208 g/mol. The molecular formula is C10H16N4O2. The maximum Gasteiger partial charge on any atom is 0.228 e. The lowest BCUT2D eigenvalue weighted by molar-refractivity contribution is -0.131. The Kier molecular flexibility index (Phi) is 3.31. The van der Waals surface area contributed by atoms with E-state index < -0.39 is 0 Å². The first-order chi connectivity index (χ1) is 7.76. The maximum absolute atomic E-state index is 11.6. The average Bonchev–Trinajstić information content (AvgIpc) is 2.71. The van der Waals surface area contributed by atoms with Gasteiger partial charge in [0.15, 0.2) is 0 Å². The molecule has 6 nitrogen and oxygen atoms in total. The zero-order valence-corrected chi connectivity index (χ0v) is 9.26. The third-order valence-electron chi connectivity index (χ3n) is 3.37. The Morgan fingerprint density at radius 2 is 2.38 bits per heavy atom. The smallest absolute Gasteiger partial charge is 0.228 e. The van der Waals surface area contributed by atoms with Gasteiger partial charge in [-0.2, -0.15) is 0 Å². The third-order valence-corrected chi connectivity index (χ3v) is 3.37. The first-order valence-corrected chi connectivity index (χ1v) is 5.68. The molecule has 2 fully saturated rings. The molecule has 0 aromatic carbocycles. The first kappa shape index (κ1) is 11.2. The molecule has 1 spiro atoms. The molecule has 0 saturated carbocycles. The molecule has 0 aromatic heterocycles. The summed E-state index contributed by atoms with van der Waals surface area (Å²) in [6.07, 6.45) is 4.25. The van der Waals surface area contributed by atoms with Crippen LogP contribution in [0.4, 0.5) is 0 Å². The van der Waals surface area contributed by atoms with Crippen LogP contribution in [0, 0.1) is 0 Å². The van der Waals surface area contributed by atoms with E-state index in [9.17, 15) is 4.79 Å². The fourth-order valence-electron chi connectivity index (χ4n) is 2.48. The second-order valence-electron chi connectivity index (χ2n) is 4.44. The zero-order valence-electron chi connectivity index (χ0n) is 9.26. The molecule has 0 unspecified atom stereocenters. The number of ether oxygens (including phenoxy) is 1. The third kappa shape index (κ3) is 2.28. The van der Waals surface area contributed by atoms with Crippen molar-refractivity contribution in [3.05, 3.63) is 10.4 Å². The number of likely N-dealkylation sites (tertiary alicyclic amines) is 1. The van der Waals surface area contributed by atoms with Crippen LogP contribution in [0.25, 0.3) is 10.4 Å². The molecule has 16 heavy (non-hydrogen) atoms. The summed E-state index contributed by atoms with van der Waals surface area (Å²) < 4.78 is 5.81. The van der Waals surface area contributed by atoms with Crippen LogP contribution in [0.5, 0.6) is 0 Å². The zero-order chi connectivity index (χ0) is 11.4. The van der Waals surface area contributed by atoms with Gasteiger partial charge in [0, 0.05) is 24.6 Å². The molecule has 88 valence electrons. The molecule has 0 aliphatic carbocycles. The lowest BCUT2D eigenvalue weighted by Crippen LogP contribution is -2.41. The van der Waals surface area contributed by atoms with Crippen molar-refractivity contribution < 1.29 is 9.53 Å². The van der Waals surface area contributed by atoms with E-state index in [-0.39, 0.29) is 18.1 Å². The highest BCUT2D eigenvalue weighted by Gasteiger charge is 2.41. The van der Waals surface area contributed by atoms with Crippen LogP contribution in [0.2, 0.25) is 0 Å². The number of amides is 1. The van der Waals surface area contributed by atoms with Crippen molar-refractivity contribution in [3.8, 4) is 0 Å². The number of rotatable bonds is 2. The van der Waals surface area contributed by atoms with Crippen LogP contribution in [-0.4, -0.2) is 42.6 Å². The molecule has 6 heteroatoms. The Balaban J connectivity index is 1.91. The van der Waals surface area contributed by atoms with Gasteiger partial charge in [0.25, 0.3) is 0 Å². The fourth-order valence-corrected chi connectivity index (χ4v) is 2.48. The molecule has 2 heterocycles. The number of carbonyl (C=O) groups is 1. The minimum absolute atomic E-state index is 0.0768. The molecule has 2 aliphatic heterocycles. The molecule has 2 rings (SSSR count). The summed E-state index contributed by atoms with van der Waals surface area (Å²) in [4.78, 5) is 16.0. The van der Waals surface area contributed by atoms with E-state index in [1.165, 1.54) is 6.42 Å². The molecule has 2 aliphatic rings. The highest BCUT2D eigenvalue weighted by Crippen LogP contribution is 2.33. The summed E-state index contributed by atoms with van der Waals surface area (Å²) in [5, 5.41) is 3.30. The van der Waals surface area contributed by atoms with Crippen LogP contribution >= 0.6 is 0 Å². The second kappa shape index (κ2) is 4.72. The van der Waals surface area contributed by atoms with Crippen LogP contribution in [-0.2, 0) is 9.53 Å². The van der Waals surface area contributed by atoms with Crippen molar-refractivity contribution in [2.24, 2.45) is 5.11 Å². The highest BCUT2D eigenvalue weighted by molar-refractivity contribution is 5.78. The normalized spacial score (nSPS) is 29.1. The molecule has 2 saturated heterocycles. The van der Waals surface area contributed by atoms with Crippen LogP contribution < -0.4 is 0 Å². The van der Waals surface area contributed by atoms with E-state index in [2.05, 4.69) is 10.0 Å². The predicted octanol–water partition coefficient (Wildman–Crippen LogP) is 1.47. The highest BCUT2D eigenvalue weighted by atomic mass is 16.5. The predicted molar refractivity (Wildman–Crippen MR) is 57.7 cm³/mol. The van der Waals surface area contributed by atoms with Gasteiger partial charge in [-0.1, -0.05) is 5.11 Å². The summed E-state index contributed by atoms with van der Waals surface area (Å²) in [5.41, 5.74) is 8.06. The Morgan fingerprint density at radius 3 is 3.06 bits per heavy atom. The topological polar surface area (TPSA) is 78.3 Å². The second-order valence-corrected chi connectivity index (χ2v) is 4.44. The monoisotopic (exact) mass is 224 g/mol. The molecule has 0 N–H and O–H groups in total. The maximum atomic E-state index is 11.6. The van der Waals surface area contributed by atoms with E-state index in [0.29, 0.717) is 6.54 Å². The molecule has 0 aromatic rings. The van der Waals surface area contributed by atoms with Crippen molar-refractivity contribution in [2.75, 3.05) is 26.2 Å². The molecule has 0 radical (unpaired) electrons. The standard InChI is InChI=1S/C10H16N4O2/c11-13-12-7-9(15)14-5-4-10(8-14)3-1-2-6-16-10/h1-8H2/t10-/m0/s1. The van der Waals surface area contributed by atoms with Gasteiger partial charge < -0.3 is 9.64 Å². The van der Waals surface area contributed by atoms with Gasteiger partial charge in [-0.05, 0) is 31.2 Å². The van der Waals surface area contributed by atoms with Gasteiger partial charge in [-0.15, -0.1) is 0 Å². The van der Waals surface area contributed by atoms with Gasteiger partial charge in [0.1, 0.15) is 6.54 Å². The first-order valence-electron chi connectivity index (χ1n) is 5.68. The summed E-state index contributed by atoms with van der Waals surface area (Å²) in [7, 11) is 0. The largest absolute Gasteiger partial charge is 0.373 e. The van der Waals surface area contributed by atoms with E-state index in [4.69, 9.17) is 10.3 Å². The molecule has 0 bridgehead atoms. The lowest BCUT2D eigenvalue weighted by atomic mass is 9.93. The van der Waals surface area contributed by atoms with E-state index >= 15 is 0 Å². The summed E-state index contributed by atoms with van der Waals surface area (Å²) >= 11 is 0. The number of hydrogen-bond donors (Lipinski definition) is 0. The minimum Gasteiger partial charge on any atom is -0.373 e. The summed E-state index contributed by atoms with van der Waals surface area (Å²) in [5.74, 6) is -0.0937. The average molecular weight is 224 g/mol. The van der Waals surface area contributed by atoms with E-state index in [0.717, 1.165) is 32.4 Å². The Morgan fingerprint density at radius 1 is 1.50 bits per heavy atom. The van der Waals surface area contributed by atoms with Crippen molar-refractivity contribution in [2.45, 2.75) is 31.3 Å². The van der Waals surface area contributed by atoms with Crippen molar-refractivity contribution in [1.29, 1.82) is 0 Å². The van der Waals surface area contributed by atoms with Crippen LogP contribution in [0.1, 0.15) is 25.7 Å². The number of hydrogen-bond acceptors (Lipinski definition) is 3. The van der Waals surface area contributed by atoms with E-state index in [1.807, 2.05) is 0 Å². The quantitative estimate of drug-likeness (QED) is 0.404. The van der Waals surface area contributed by atoms with E-state index in [1.54, 1.807) is 4.90 Å². The van der Waals surface area contributed by atoms with Crippen molar-refractivity contribution in [1.82, 2.24) is 4.90 Å². The van der Waals surface area contributed by atoms with Gasteiger partial charge in [-0.25, -0.2) is 0 Å². The molecule has 1 atom stereocenters. The van der Waals surface area contributed by atoms with Gasteiger partial charge >= 0.3 is 0 Å². The minimum atomic E-state index is -0.107. The number of carbonyl (C=O) groups excluding carboxylic acids is 1. The Bertz CT molecular complexity index is 319. The fraction of sp³-hybridized carbons (Fsp3) is 0.900. The summed E-state index contributed by atoms with van der Waals surface area (Å²) in [6, 6.07) is 0. The number of nitrogens with zero attached hydrogens (tertiary/aromatic N) is 4. The Labute approximate surface area is 94.2 Å². The van der Waals surface area contributed by atoms with Crippen LogP contribution in [0.3, 0.4) is 0 Å². The summed E-state index contributed by atoms with van der Waals surface area (Å²) in [6.45, 7) is 2.11. The Hall–Kier alpha value is -1.26. The van der Waals surface area contributed by atoms with Crippen molar-refractivity contribution >= 4 is 5.91 Å². The van der Waals surface area contributed by atoms with Gasteiger partial charge in [0.2, 0.25) is 5.91 Å². The van der Waals surface area contributed by atoms with Gasteiger partial charge in [0.05, 0.1) is 5.60 Å². The van der Waals surface area contributed by atoms with Crippen LogP contribution in [0.15, 0.2) is 5.11 Å². The molecule has 1 amide bonds. The lowest BCUT2D eigenvalue weighted by Gasteiger charge is -2.33. The number of azide groups is 1. The SMILES string of the molecule is [N-]=[N+]=NCC(=O)N1CC[C@@]2(CCCCO2)C1.